The number of nitrogen functional groups attached to an aromatic ring is 1. The number of nitrogens with two attached hydrogens (primary N) is 1. The summed E-state index contributed by atoms with van der Waals surface area (Å²) in [6.07, 6.45) is 0. The molecule has 0 aromatic carbocycles. The molecule has 6 nitrogen and oxygen atoms in total. The Morgan fingerprint density at radius 1 is 1.37 bits per heavy atom. The zero-order chi connectivity index (χ0) is 13.8. The highest BCUT2D eigenvalue weighted by Gasteiger charge is 2.15. The molecular formula is C13H25N5O. The number of hydrogen-bond acceptors (Lipinski definition) is 5. The van der Waals surface area contributed by atoms with Crippen LogP contribution in [0.15, 0.2) is 0 Å². The van der Waals surface area contributed by atoms with E-state index >= 15 is 0 Å². The average molecular weight is 267 g/mol. The Bertz CT molecular complexity index is 409. The van der Waals surface area contributed by atoms with Crippen molar-refractivity contribution < 1.29 is 4.74 Å². The van der Waals surface area contributed by atoms with Gasteiger partial charge in [-0.15, -0.1) is 0 Å². The van der Waals surface area contributed by atoms with Gasteiger partial charge >= 0.3 is 0 Å². The van der Waals surface area contributed by atoms with Crippen molar-refractivity contribution in [3.8, 4) is 0 Å². The van der Waals surface area contributed by atoms with E-state index in [4.69, 9.17) is 10.5 Å². The highest BCUT2D eigenvalue weighted by molar-refractivity contribution is 5.64. The second kappa shape index (κ2) is 6.25. The van der Waals surface area contributed by atoms with Crippen LogP contribution in [-0.2, 0) is 4.74 Å². The number of ether oxygens (including phenoxy) is 1. The highest BCUT2D eigenvalue weighted by atomic mass is 16.5. The molecule has 1 aromatic heterocycles. The van der Waals surface area contributed by atoms with Crippen LogP contribution in [0.25, 0.3) is 0 Å². The first-order valence-corrected chi connectivity index (χ1v) is 6.98. The van der Waals surface area contributed by atoms with Gasteiger partial charge in [-0.3, -0.25) is 4.90 Å². The van der Waals surface area contributed by atoms with Crippen LogP contribution in [0.3, 0.4) is 0 Å². The van der Waals surface area contributed by atoms with E-state index in [2.05, 4.69) is 29.2 Å². The van der Waals surface area contributed by atoms with Gasteiger partial charge in [0.25, 0.3) is 0 Å². The molecule has 6 heteroatoms. The molecule has 0 atom stereocenters. The third-order valence-electron chi connectivity index (χ3n) is 3.45. The van der Waals surface area contributed by atoms with E-state index in [-0.39, 0.29) is 0 Å². The van der Waals surface area contributed by atoms with Crippen LogP contribution in [0.2, 0.25) is 0 Å². The minimum Gasteiger partial charge on any atom is -0.394 e. The Labute approximate surface area is 114 Å². The van der Waals surface area contributed by atoms with Crippen molar-refractivity contribution in [2.24, 2.45) is 0 Å². The van der Waals surface area contributed by atoms with Gasteiger partial charge in [-0.2, -0.15) is 5.10 Å². The lowest BCUT2D eigenvalue weighted by Crippen LogP contribution is -2.39. The van der Waals surface area contributed by atoms with Gasteiger partial charge in [0.2, 0.25) is 0 Å². The summed E-state index contributed by atoms with van der Waals surface area (Å²) >= 11 is 0. The molecule has 1 aromatic rings. The molecule has 0 radical (unpaired) electrons. The number of aromatic nitrogens is 2. The summed E-state index contributed by atoms with van der Waals surface area (Å²) in [6, 6.07) is 0.307. The molecule has 0 spiro atoms. The molecule has 108 valence electrons. The first-order valence-electron chi connectivity index (χ1n) is 6.98. The predicted octanol–water partition coefficient (Wildman–Crippen LogP) is 1.10. The Kier molecular flexibility index (Phi) is 4.66. The summed E-state index contributed by atoms with van der Waals surface area (Å²) in [5, 5.41) is 7.89. The Morgan fingerprint density at radius 3 is 2.68 bits per heavy atom. The van der Waals surface area contributed by atoms with Gasteiger partial charge < -0.3 is 15.8 Å². The summed E-state index contributed by atoms with van der Waals surface area (Å²) in [5.41, 5.74) is 7.73. The maximum Gasteiger partial charge on any atom is 0.148 e. The fraction of sp³-hybridized carbons (Fsp3) is 0.769. The first-order chi connectivity index (χ1) is 9.09. The predicted molar refractivity (Wildman–Crippen MR) is 77.5 cm³/mol. The molecule has 0 unspecified atom stereocenters. The third-order valence-corrected chi connectivity index (χ3v) is 3.45. The molecule has 1 aliphatic rings. The van der Waals surface area contributed by atoms with E-state index in [9.17, 15) is 0 Å². The van der Waals surface area contributed by atoms with E-state index in [1.54, 1.807) is 0 Å². The molecule has 0 saturated carbocycles. The van der Waals surface area contributed by atoms with Crippen LogP contribution in [0.1, 0.15) is 25.6 Å². The molecule has 2 heterocycles. The molecule has 0 aliphatic carbocycles. The number of hydrogen-bond donors (Lipinski definition) is 2. The maximum atomic E-state index is 6.08. The summed E-state index contributed by atoms with van der Waals surface area (Å²) in [5.74, 6) is 0.945. The monoisotopic (exact) mass is 267 g/mol. The minimum atomic E-state index is 0.307. The molecule has 0 amide bonds. The van der Waals surface area contributed by atoms with Gasteiger partial charge in [-0.05, 0) is 20.8 Å². The normalized spacial score (nSPS) is 17.1. The SMILES string of the molecule is Cc1nn(C(C)C)c(NCCN2CCOCC2)c1N. The largest absolute Gasteiger partial charge is 0.394 e. The van der Waals surface area contributed by atoms with Crippen molar-refractivity contribution in [3.05, 3.63) is 5.69 Å². The Hall–Kier alpha value is -1.27. The second-order valence-electron chi connectivity index (χ2n) is 5.27. The van der Waals surface area contributed by atoms with Gasteiger partial charge in [0.05, 0.1) is 24.6 Å². The Balaban J connectivity index is 1.91. The second-order valence-corrected chi connectivity index (χ2v) is 5.27. The number of aryl methyl sites for hydroxylation is 1. The van der Waals surface area contributed by atoms with Crippen molar-refractivity contribution in [1.82, 2.24) is 14.7 Å². The van der Waals surface area contributed by atoms with E-state index in [0.29, 0.717) is 6.04 Å². The molecule has 1 saturated heterocycles. The number of nitrogens with zero attached hydrogens (tertiary/aromatic N) is 3. The van der Waals surface area contributed by atoms with Crippen molar-refractivity contribution in [2.75, 3.05) is 50.4 Å². The standard InChI is InChI=1S/C13H25N5O/c1-10(2)18-13(12(14)11(3)16-18)15-4-5-17-6-8-19-9-7-17/h10,15H,4-9,14H2,1-3H3. The fourth-order valence-electron chi connectivity index (χ4n) is 2.27. The van der Waals surface area contributed by atoms with Gasteiger partial charge in [-0.25, -0.2) is 4.68 Å². The lowest BCUT2D eigenvalue weighted by molar-refractivity contribution is 0.0398. The number of morpholine rings is 1. The van der Waals surface area contributed by atoms with E-state index in [1.165, 1.54) is 0 Å². The van der Waals surface area contributed by atoms with Gasteiger partial charge in [0.1, 0.15) is 5.82 Å². The van der Waals surface area contributed by atoms with Crippen LogP contribution in [-0.4, -0.2) is 54.1 Å². The lowest BCUT2D eigenvalue weighted by Gasteiger charge is -2.26. The van der Waals surface area contributed by atoms with Crippen molar-refractivity contribution >= 4 is 11.5 Å². The van der Waals surface area contributed by atoms with Gasteiger partial charge in [0.15, 0.2) is 0 Å². The zero-order valence-electron chi connectivity index (χ0n) is 12.1. The lowest BCUT2D eigenvalue weighted by atomic mass is 10.3. The van der Waals surface area contributed by atoms with Gasteiger partial charge in [-0.1, -0.05) is 0 Å². The molecule has 2 rings (SSSR count). The summed E-state index contributed by atoms with van der Waals surface area (Å²) in [6.45, 7) is 11.8. The van der Waals surface area contributed by atoms with E-state index in [0.717, 1.165) is 56.6 Å². The van der Waals surface area contributed by atoms with Crippen LogP contribution in [0.5, 0.6) is 0 Å². The number of rotatable bonds is 5. The number of anilines is 2. The molecule has 19 heavy (non-hydrogen) atoms. The van der Waals surface area contributed by atoms with Crippen LogP contribution in [0.4, 0.5) is 11.5 Å². The molecule has 1 aliphatic heterocycles. The van der Waals surface area contributed by atoms with Crippen molar-refractivity contribution in [1.29, 1.82) is 0 Å². The third kappa shape index (κ3) is 3.39. The fourth-order valence-corrected chi connectivity index (χ4v) is 2.27. The summed E-state index contributed by atoms with van der Waals surface area (Å²) in [4.78, 5) is 2.40. The molecular weight excluding hydrogens is 242 g/mol. The molecule has 3 N–H and O–H groups in total. The average Bonchev–Trinajstić information content (AvgIpc) is 2.68. The van der Waals surface area contributed by atoms with Crippen LogP contribution in [0, 0.1) is 6.92 Å². The minimum absolute atomic E-state index is 0.307. The van der Waals surface area contributed by atoms with Gasteiger partial charge in [0, 0.05) is 32.2 Å². The first kappa shape index (κ1) is 14.1. The Morgan fingerprint density at radius 2 is 2.05 bits per heavy atom. The smallest absolute Gasteiger partial charge is 0.148 e. The zero-order valence-corrected chi connectivity index (χ0v) is 12.1. The maximum absolute atomic E-state index is 6.08. The van der Waals surface area contributed by atoms with E-state index < -0.39 is 0 Å². The topological polar surface area (TPSA) is 68.3 Å². The highest BCUT2D eigenvalue weighted by Crippen LogP contribution is 2.25. The quantitative estimate of drug-likeness (QED) is 0.836. The van der Waals surface area contributed by atoms with Crippen molar-refractivity contribution in [3.63, 3.8) is 0 Å². The van der Waals surface area contributed by atoms with Crippen LogP contribution >= 0.6 is 0 Å². The summed E-state index contributed by atoms with van der Waals surface area (Å²) < 4.78 is 7.30. The van der Waals surface area contributed by atoms with Crippen LogP contribution < -0.4 is 11.1 Å². The summed E-state index contributed by atoms with van der Waals surface area (Å²) in [7, 11) is 0. The molecule has 1 fully saturated rings. The molecule has 0 bridgehead atoms. The van der Waals surface area contributed by atoms with Crippen molar-refractivity contribution in [2.45, 2.75) is 26.8 Å². The van der Waals surface area contributed by atoms with E-state index in [1.807, 2.05) is 11.6 Å². The number of nitrogens with one attached hydrogen (secondary N) is 1.